The molecule has 7 heteroatoms. The van der Waals surface area contributed by atoms with Crippen LogP contribution in [0.15, 0.2) is 5.38 Å². The number of hydrogen-bond donors (Lipinski definition) is 1. The second kappa shape index (κ2) is 8.76. The second-order valence-electron chi connectivity index (χ2n) is 7.05. The van der Waals surface area contributed by atoms with Crippen LogP contribution < -0.4 is 5.73 Å². The Morgan fingerprint density at radius 3 is 2.60 bits per heavy atom. The van der Waals surface area contributed by atoms with Gasteiger partial charge >= 0.3 is 0 Å². The van der Waals surface area contributed by atoms with Crippen LogP contribution in [0.5, 0.6) is 0 Å². The zero-order valence-electron chi connectivity index (χ0n) is 14.8. The fraction of sp³-hybridized carbons (Fsp3) is 0.722. The van der Waals surface area contributed by atoms with Crippen molar-refractivity contribution in [1.82, 2.24) is 14.8 Å². The van der Waals surface area contributed by atoms with E-state index in [1.54, 1.807) is 0 Å². The second-order valence-corrected chi connectivity index (χ2v) is 7.99. The highest BCUT2D eigenvalue weighted by atomic mass is 32.1. The molecule has 2 N–H and O–H groups in total. The molecule has 1 aliphatic carbocycles. The first-order valence-electron chi connectivity index (χ1n) is 9.39. The minimum absolute atomic E-state index is 0.0235. The van der Waals surface area contributed by atoms with Crippen LogP contribution in [-0.2, 0) is 11.2 Å². The lowest BCUT2D eigenvalue weighted by Gasteiger charge is -2.23. The Hall–Kier alpha value is -1.47. The van der Waals surface area contributed by atoms with Crippen LogP contribution in [0, 0.1) is 5.92 Å². The first kappa shape index (κ1) is 18.3. The summed E-state index contributed by atoms with van der Waals surface area (Å²) in [6, 6.07) is 0. The number of carbonyl (C=O) groups is 2. The Kier molecular flexibility index (Phi) is 6.42. The van der Waals surface area contributed by atoms with E-state index in [1.165, 1.54) is 37.0 Å². The van der Waals surface area contributed by atoms with Crippen LogP contribution in [0.4, 0.5) is 0 Å². The maximum absolute atomic E-state index is 12.7. The fourth-order valence-electron chi connectivity index (χ4n) is 3.77. The van der Waals surface area contributed by atoms with E-state index in [1.807, 2.05) is 15.2 Å². The molecule has 0 unspecified atom stereocenters. The van der Waals surface area contributed by atoms with E-state index in [2.05, 4.69) is 4.98 Å². The Morgan fingerprint density at radius 1 is 1.12 bits per heavy atom. The fourth-order valence-corrected chi connectivity index (χ4v) is 4.56. The van der Waals surface area contributed by atoms with Gasteiger partial charge in [0.05, 0.1) is 5.01 Å². The predicted molar refractivity (Wildman–Crippen MR) is 98.5 cm³/mol. The molecule has 1 saturated carbocycles. The largest absolute Gasteiger partial charge is 0.341 e. The zero-order valence-corrected chi connectivity index (χ0v) is 15.6. The van der Waals surface area contributed by atoms with Crippen molar-refractivity contribution >= 4 is 23.2 Å². The first-order chi connectivity index (χ1) is 12.2. The maximum Gasteiger partial charge on any atom is 0.273 e. The molecule has 138 valence electrons. The average Bonchev–Trinajstić information content (AvgIpc) is 3.21. The Morgan fingerprint density at radius 2 is 1.84 bits per heavy atom. The summed E-state index contributed by atoms with van der Waals surface area (Å²) in [6.45, 7) is 3.22. The van der Waals surface area contributed by atoms with Crippen molar-refractivity contribution in [2.24, 2.45) is 11.7 Å². The molecule has 0 bridgehead atoms. The highest BCUT2D eigenvalue weighted by Gasteiger charge is 2.26. The molecular weight excluding hydrogens is 336 g/mol. The van der Waals surface area contributed by atoms with Gasteiger partial charge in [-0.3, -0.25) is 9.59 Å². The van der Waals surface area contributed by atoms with Crippen LogP contribution in [-0.4, -0.2) is 59.3 Å². The first-order valence-corrected chi connectivity index (χ1v) is 10.3. The van der Waals surface area contributed by atoms with Crippen molar-refractivity contribution < 1.29 is 9.59 Å². The summed E-state index contributed by atoms with van der Waals surface area (Å²) in [6.07, 6.45) is 7.14. The van der Waals surface area contributed by atoms with E-state index in [4.69, 9.17) is 5.73 Å². The van der Waals surface area contributed by atoms with Gasteiger partial charge in [-0.1, -0.05) is 12.8 Å². The van der Waals surface area contributed by atoms with Crippen molar-refractivity contribution in [2.75, 3.05) is 32.7 Å². The quantitative estimate of drug-likeness (QED) is 0.865. The van der Waals surface area contributed by atoms with Gasteiger partial charge in [-0.15, -0.1) is 11.3 Å². The van der Waals surface area contributed by atoms with Crippen molar-refractivity contribution in [3.05, 3.63) is 16.1 Å². The monoisotopic (exact) mass is 364 g/mol. The molecule has 1 aromatic rings. The molecule has 1 saturated heterocycles. The molecule has 25 heavy (non-hydrogen) atoms. The molecule has 0 radical (unpaired) electrons. The average molecular weight is 365 g/mol. The SMILES string of the molecule is NCCc1nc(C(=O)N2CCCN(C(=O)CC3CCCC3)CC2)cs1. The van der Waals surface area contributed by atoms with Gasteiger partial charge in [0.1, 0.15) is 5.69 Å². The third-order valence-corrected chi connectivity index (χ3v) is 6.11. The van der Waals surface area contributed by atoms with Crippen LogP contribution in [0.1, 0.15) is 54.0 Å². The molecule has 0 aromatic carbocycles. The van der Waals surface area contributed by atoms with Crippen molar-refractivity contribution in [3.63, 3.8) is 0 Å². The van der Waals surface area contributed by atoms with E-state index in [0.717, 1.165) is 18.0 Å². The van der Waals surface area contributed by atoms with E-state index >= 15 is 0 Å². The third-order valence-electron chi connectivity index (χ3n) is 5.20. The number of nitrogens with two attached hydrogens (primary N) is 1. The highest BCUT2D eigenvalue weighted by Crippen LogP contribution is 2.28. The van der Waals surface area contributed by atoms with Crippen molar-refractivity contribution in [2.45, 2.75) is 44.9 Å². The Balaban J connectivity index is 1.53. The Bertz CT molecular complexity index is 598. The van der Waals surface area contributed by atoms with E-state index in [0.29, 0.717) is 50.6 Å². The van der Waals surface area contributed by atoms with Crippen LogP contribution in [0.2, 0.25) is 0 Å². The summed E-state index contributed by atoms with van der Waals surface area (Å²) in [5, 5.41) is 2.73. The molecule has 2 aliphatic rings. The number of nitrogens with zero attached hydrogens (tertiary/aromatic N) is 3. The van der Waals surface area contributed by atoms with Crippen LogP contribution >= 0.6 is 11.3 Å². The standard InChI is InChI=1S/C18H28N4O2S/c19-7-6-16-20-15(13-25-16)18(24)22-9-3-8-21(10-11-22)17(23)12-14-4-1-2-5-14/h13-14H,1-12,19H2. The molecule has 3 rings (SSSR count). The predicted octanol–water partition coefficient (Wildman–Crippen LogP) is 1.90. The molecule has 2 fully saturated rings. The number of thiazole rings is 1. The normalized spacial score (nSPS) is 19.2. The van der Waals surface area contributed by atoms with E-state index in [-0.39, 0.29) is 11.8 Å². The zero-order chi connectivity index (χ0) is 17.6. The number of carbonyl (C=O) groups excluding carboxylic acids is 2. The lowest BCUT2D eigenvalue weighted by Crippen LogP contribution is -2.37. The molecule has 2 heterocycles. The Labute approximate surface area is 153 Å². The van der Waals surface area contributed by atoms with Crippen LogP contribution in [0.3, 0.4) is 0 Å². The topological polar surface area (TPSA) is 79.5 Å². The molecular formula is C18H28N4O2S. The summed E-state index contributed by atoms with van der Waals surface area (Å²) in [5.74, 6) is 0.814. The minimum Gasteiger partial charge on any atom is -0.341 e. The van der Waals surface area contributed by atoms with Crippen molar-refractivity contribution in [1.29, 1.82) is 0 Å². The molecule has 1 aliphatic heterocycles. The van der Waals surface area contributed by atoms with Gasteiger partial charge in [0.15, 0.2) is 0 Å². The van der Waals surface area contributed by atoms with Gasteiger partial charge in [-0.25, -0.2) is 4.98 Å². The van der Waals surface area contributed by atoms with Gasteiger partial charge in [-0.2, -0.15) is 0 Å². The number of amides is 2. The minimum atomic E-state index is -0.0235. The van der Waals surface area contributed by atoms with Crippen LogP contribution in [0.25, 0.3) is 0 Å². The maximum atomic E-state index is 12.7. The van der Waals surface area contributed by atoms with Crippen molar-refractivity contribution in [3.8, 4) is 0 Å². The summed E-state index contributed by atoms with van der Waals surface area (Å²) in [4.78, 5) is 33.4. The number of rotatable bonds is 5. The van der Waals surface area contributed by atoms with E-state index in [9.17, 15) is 9.59 Å². The van der Waals surface area contributed by atoms with Gasteiger partial charge in [0.25, 0.3) is 5.91 Å². The summed E-state index contributed by atoms with van der Waals surface area (Å²) >= 11 is 1.49. The van der Waals surface area contributed by atoms with Gasteiger partial charge in [0, 0.05) is 44.4 Å². The molecule has 6 nitrogen and oxygen atoms in total. The number of aromatic nitrogens is 1. The highest BCUT2D eigenvalue weighted by molar-refractivity contribution is 7.09. The lowest BCUT2D eigenvalue weighted by molar-refractivity contribution is -0.132. The summed E-state index contributed by atoms with van der Waals surface area (Å²) in [7, 11) is 0. The molecule has 1 aromatic heterocycles. The molecule has 0 spiro atoms. The summed E-state index contributed by atoms with van der Waals surface area (Å²) < 4.78 is 0. The number of hydrogen-bond acceptors (Lipinski definition) is 5. The molecule has 0 atom stereocenters. The molecule has 2 amide bonds. The van der Waals surface area contributed by atoms with E-state index < -0.39 is 0 Å². The third kappa shape index (κ3) is 4.79. The van der Waals surface area contributed by atoms with Gasteiger partial charge in [0.2, 0.25) is 5.91 Å². The summed E-state index contributed by atoms with van der Waals surface area (Å²) in [5.41, 5.74) is 6.06. The lowest BCUT2D eigenvalue weighted by atomic mass is 10.0. The smallest absolute Gasteiger partial charge is 0.273 e. The van der Waals surface area contributed by atoms with Gasteiger partial charge in [-0.05, 0) is 31.7 Å². The van der Waals surface area contributed by atoms with Gasteiger partial charge < -0.3 is 15.5 Å².